The van der Waals surface area contributed by atoms with Crippen molar-refractivity contribution >= 4 is 17.9 Å². The van der Waals surface area contributed by atoms with Crippen LogP contribution in [-0.4, -0.2) is 33.2 Å². The number of aromatic carboxylic acids is 2. The van der Waals surface area contributed by atoms with Gasteiger partial charge in [-0.1, -0.05) is 39.2 Å². The van der Waals surface area contributed by atoms with Crippen molar-refractivity contribution < 1.29 is 29.7 Å². The van der Waals surface area contributed by atoms with Gasteiger partial charge in [0.15, 0.2) is 0 Å². The van der Waals surface area contributed by atoms with Crippen LogP contribution in [0.2, 0.25) is 0 Å². The van der Waals surface area contributed by atoms with Crippen LogP contribution in [0.15, 0.2) is 24.3 Å². The van der Waals surface area contributed by atoms with Gasteiger partial charge in [0.25, 0.3) is 0 Å². The monoisotopic (exact) mass is 324 g/mol. The lowest BCUT2D eigenvalue weighted by Crippen LogP contribution is -2.01. The normalized spacial score (nSPS) is 9.87. The van der Waals surface area contributed by atoms with Gasteiger partial charge in [-0.15, -0.1) is 0 Å². The average Bonchev–Trinajstić information content (AvgIpc) is 2.47. The third kappa shape index (κ3) is 10.9. The van der Waals surface area contributed by atoms with Crippen LogP contribution in [0.5, 0.6) is 0 Å². The number of rotatable bonds is 8. The summed E-state index contributed by atoms with van der Waals surface area (Å²) in [4.78, 5) is 30.9. The van der Waals surface area contributed by atoms with Gasteiger partial charge >= 0.3 is 17.9 Å². The molecule has 1 rings (SSSR count). The second-order valence-electron chi connectivity index (χ2n) is 5.58. The van der Waals surface area contributed by atoms with Gasteiger partial charge < -0.3 is 15.3 Å². The van der Waals surface area contributed by atoms with Crippen molar-refractivity contribution in [1.29, 1.82) is 0 Å². The second-order valence-corrected chi connectivity index (χ2v) is 5.58. The van der Waals surface area contributed by atoms with E-state index in [2.05, 4.69) is 13.8 Å². The van der Waals surface area contributed by atoms with E-state index in [9.17, 15) is 14.4 Å². The summed E-state index contributed by atoms with van der Waals surface area (Å²) in [6, 6.07) is 5.20. The Morgan fingerprint density at radius 3 is 1.83 bits per heavy atom. The molecule has 0 spiro atoms. The molecule has 23 heavy (non-hydrogen) atoms. The fourth-order valence-electron chi connectivity index (χ4n) is 1.79. The van der Waals surface area contributed by atoms with E-state index in [-0.39, 0.29) is 11.1 Å². The van der Waals surface area contributed by atoms with Gasteiger partial charge in [0, 0.05) is 6.42 Å². The molecular weight excluding hydrogens is 300 g/mol. The minimum absolute atomic E-state index is 0.0186. The molecular formula is C17H24O6. The molecule has 0 heterocycles. The summed E-state index contributed by atoms with van der Waals surface area (Å²) in [5.74, 6) is -2.18. The Morgan fingerprint density at radius 2 is 1.43 bits per heavy atom. The first-order chi connectivity index (χ1) is 10.7. The third-order valence-electron chi connectivity index (χ3n) is 3.03. The molecule has 0 amide bonds. The van der Waals surface area contributed by atoms with E-state index < -0.39 is 17.9 Å². The van der Waals surface area contributed by atoms with Gasteiger partial charge in [-0.2, -0.15) is 0 Å². The van der Waals surface area contributed by atoms with Crippen molar-refractivity contribution in [2.75, 3.05) is 0 Å². The van der Waals surface area contributed by atoms with Crippen molar-refractivity contribution in [2.45, 2.75) is 46.0 Å². The Morgan fingerprint density at radius 1 is 0.913 bits per heavy atom. The molecule has 0 aliphatic carbocycles. The number of carboxylic acids is 3. The van der Waals surface area contributed by atoms with Gasteiger partial charge in [-0.25, -0.2) is 9.59 Å². The summed E-state index contributed by atoms with van der Waals surface area (Å²) < 4.78 is 0. The number of aliphatic carboxylic acids is 1. The molecule has 0 bridgehead atoms. The van der Waals surface area contributed by atoms with Crippen LogP contribution in [-0.2, 0) is 4.79 Å². The van der Waals surface area contributed by atoms with Crippen LogP contribution in [0.25, 0.3) is 0 Å². The van der Waals surface area contributed by atoms with Gasteiger partial charge in [-0.3, -0.25) is 4.79 Å². The van der Waals surface area contributed by atoms with Gasteiger partial charge in [0.1, 0.15) is 0 Å². The molecule has 1 aromatic carbocycles. The SMILES string of the molecule is CC(C)CCCCCC(=O)O.O=C(O)c1cccc(C(=O)O)c1. The minimum Gasteiger partial charge on any atom is -0.481 e. The topological polar surface area (TPSA) is 112 Å². The van der Waals surface area contributed by atoms with Gasteiger partial charge in [0.05, 0.1) is 11.1 Å². The van der Waals surface area contributed by atoms with E-state index in [4.69, 9.17) is 15.3 Å². The first-order valence-electron chi connectivity index (χ1n) is 7.52. The van der Waals surface area contributed by atoms with Crippen LogP contribution in [0.1, 0.15) is 66.7 Å². The van der Waals surface area contributed by atoms with Crippen LogP contribution in [0, 0.1) is 5.92 Å². The van der Waals surface area contributed by atoms with Crippen molar-refractivity contribution in [1.82, 2.24) is 0 Å². The zero-order valence-electron chi connectivity index (χ0n) is 13.5. The van der Waals surface area contributed by atoms with E-state index in [1.54, 1.807) is 0 Å². The van der Waals surface area contributed by atoms with Crippen molar-refractivity contribution in [3.05, 3.63) is 35.4 Å². The van der Waals surface area contributed by atoms with Crippen molar-refractivity contribution in [2.24, 2.45) is 5.92 Å². The molecule has 3 N–H and O–H groups in total. The van der Waals surface area contributed by atoms with Crippen LogP contribution < -0.4 is 0 Å². The number of carbonyl (C=O) groups is 3. The predicted octanol–water partition coefficient (Wildman–Crippen LogP) is 3.76. The van der Waals surface area contributed by atoms with E-state index in [0.717, 1.165) is 24.8 Å². The Balaban J connectivity index is 0.000000423. The summed E-state index contributed by atoms with van der Waals surface area (Å²) in [7, 11) is 0. The molecule has 0 atom stereocenters. The van der Waals surface area contributed by atoms with E-state index in [0.29, 0.717) is 6.42 Å². The average molecular weight is 324 g/mol. The Labute approximate surface area is 135 Å². The lowest BCUT2D eigenvalue weighted by atomic mass is 10.0. The van der Waals surface area contributed by atoms with E-state index >= 15 is 0 Å². The Bertz CT molecular complexity index is 492. The Kier molecular flexibility index (Phi) is 10.1. The minimum atomic E-state index is -1.13. The first-order valence-corrected chi connectivity index (χ1v) is 7.52. The highest BCUT2D eigenvalue weighted by Gasteiger charge is 2.06. The molecule has 6 heteroatoms. The highest BCUT2D eigenvalue weighted by Crippen LogP contribution is 2.09. The molecule has 0 aliphatic rings. The first kappa shape index (κ1) is 20.6. The molecule has 0 saturated heterocycles. The Hall–Kier alpha value is -2.37. The summed E-state index contributed by atoms with van der Waals surface area (Å²) in [5.41, 5.74) is -0.0372. The summed E-state index contributed by atoms with van der Waals surface area (Å²) in [6.07, 6.45) is 4.62. The molecule has 6 nitrogen and oxygen atoms in total. The summed E-state index contributed by atoms with van der Waals surface area (Å²) in [5, 5.41) is 25.3. The zero-order valence-corrected chi connectivity index (χ0v) is 13.5. The highest BCUT2D eigenvalue weighted by atomic mass is 16.4. The lowest BCUT2D eigenvalue weighted by Gasteiger charge is -2.02. The number of carboxylic acid groups (broad SMARTS) is 3. The van der Waals surface area contributed by atoms with Gasteiger partial charge in [0.2, 0.25) is 0 Å². The fraction of sp³-hybridized carbons (Fsp3) is 0.471. The van der Waals surface area contributed by atoms with Crippen molar-refractivity contribution in [3.8, 4) is 0 Å². The predicted molar refractivity (Wildman–Crippen MR) is 85.9 cm³/mol. The van der Waals surface area contributed by atoms with Crippen LogP contribution in [0.4, 0.5) is 0 Å². The molecule has 0 aliphatic heterocycles. The summed E-state index contributed by atoms with van der Waals surface area (Å²) >= 11 is 0. The largest absolute Gasteiger partial charge is 0.481 e. The maximum atomic E-state index is 10.4. The van der Waals surface area contributed by atoms with E-state index in [1.807, 2.05) is 0 Å². The number of hydrogen-bond acceptors (Lipinski definition) is 3. The third-order valence-corrected chi connectivity index (χ3v) is 3.03. The molecule has 0 unspecified atom stereocenters. The lowest BCUT2D eigenvalue weighted by molar-refractivity contribution is -0.137. The van der Waals surface area contributed by atoms with Crippen LogP contribution in [0.3, 0.4) is 0 Å². The molecule has 0 radical (unpaired) electrons. The summed E-state index contributed by atoms with van der Waals surface area (Å²) in [6.45, 7) is 4.38. The highest BCUT2D eigenvalue weighted by molar-refractivity contribution is 5.93. The fourth-order valence-corrected chi connectivity index (χ4v) is 1.79. The van der Waals surface area contributed by atoms with Gasteiger partial charge in [-0.05, 0) is 30.5 Å². The van der Waals surface area contributed by atoms with Crippen molar-refractivity contribution in [3.63, 3.8) is 0 Å². The second kappa shape index (κ2) is 11.2. The number of unbranched alkanes of at least 4 members (excludes halogenated alkanes) is 2. The molecule has 0 fully saturated rings. The molecule has 1 aromatic rings. The number of hydrogen-bond donors (Lipinski definition) is 3. The number of benzene rings is 1. The molecule has 128 valence electrons. The molecule has 0 saturated carbocycles. The smallest absolute Gasteiger partial charge is 0.335 e. The maximum absolute atomic E-state index is 10.4. The van der Waals surface area contributed by atoms with E-state index in [1.165, 1.54) is 31.0 Å². The van der Waals surface area contributed by atoms with Crippen LogP contribution >= 0.6 is 0 Å². The molecule has 0 aromatic heterocycles. The zero-order chi connectivity index (χ0) is 17.8. The standard InChI is InChI=1S/C9H18O2.C8H6O4/c1-8(2)6-4-3-5-7-9(10)11;9-7(10)5-2-1-3-6(4-5)8(11)12/h8H,3-7H2,1-2H3,(H,10,11);1-4H,(H,9,10)(H,11,12). The maximum Gasteiger partial charge on any atom is 0.335 e. The quantitative estimate of drug-likeness (QED) is 0.628.